The number of benzene rings is 1. The molecule has 0 bridgehead atoms. The van der Waals surface area contributed by atoms with Crippen molar-refractivity contribution in [1.82, 2.24) is 25.6 Å². The van der Waals surface area contributed by atoms with Crippen LogP contribution in [0.1, 0.15) is 67.7 Å². The molecule has 1 saturated heterocycles. The molecule has 4 heterocycles. The Bertz CT molecular complexity index is 1870. The second-order valence-electron chi connectivity index (χ2n) is 12.3. The van der Waals surface area contributed by atoms with Gasteiger partial charge in [-0.2, -0.15) is 0 Å². The average Bonchev–Trinajstić information content (AvgIpc) is 3.02. The number of hydrogen-bond acceptors (Lipinski definition) is 9. The molecule has 0 spiro atoms. The number of rotatable bonds is 11. The molecule has 1 aromatic carbocycles. The van der Waals surface area contributed by atoms with Gasteiger partial charge in [-0.05, 0) is 88.1 Å². The largest absolute Gasteiger partial charge is 0.372 e. The minimum Gasteiger partial charge on any atom is -0.372 e. The number of sulfone groups is 1. The molecule has 0 aliphatic carbocycles. The lowest BCUT2D eigenvalue weighted by molar-refractivity contribution is -0.118. The number of morpholine rings is 1. The molecule has 3 atom stereocenters. The summed E-state index contributed by atoms with van der Waals surface area (Å²) in [6.07, 6.45) is 5.06. The number of pyridine rings is 3. The maximum Gasteiger partial charge on any atom is 0.251 e. The first-order valence-electron chi connectivity index (χ1n) is 15.9. The Balaban J connectivity index is 1.42. The summed E-state index contributed by atoms with van der Waals surface area (Å²) in [5.74, 6) is 0.375. The second kappa shape index (κ2) is 14.6. The maximum absolute atomic E-state index is 13.5. The summed E-state index contributed by atoms with van der Waals surface area (Å²) in [6.45, 7) is 9.35. The van der Waals surface area contributed by atoms with Gasteiger partial charge < -0.3 is 20.3 Å². The summed E-state index contributed by atoms with van der Waals surface area (Å²) in [5.41, 5.74) is 3.62. The van der Waals surface area contributed by atoms with Gasteiger partial charge in [0.25, 0.3) is 5.91 Å². The fraction of sp³-hybridized carbons (Fsp3) is 0.400. The minimum absolute atomic E-state index is 0.0944. The third kappa shape index (κ3) is 8.69. The molecule has 0 saturated carbocycles. The van der Waals surface area contributed by atoms with Crippen molar-refractivity contribution in [3.05, 3.63) is 77.6 Å². The summed E-state index contributed by atoms with van der Waals surface area (Å²) >= 11 is 0. The van der Waals surface area contributed by atoms with Gasteiger partial charge in [0.1, 0.15) is 5.82 Å². The number of hydrogen-bond donors (Lipinski definition) is 2. The van der Waals surface area contributed by atoms with E-state index in [0.29, 0.717) is 42.6 Å². The molecule has 0 unspecified atom stereocenters. The highest BCUT2D eigenvalue weighted by Gasteiger charge is 2.24. The first-order chi connectivity index (χ1) is 22.4. The van der Waals surface area contributed by atoms with E-state index in [0.717, 1.165) is 41.9 Å². The van der Waals surface area contributed by atoms with Crippen LogP contribution in [0.4, 0.5) is 5.82 Å². The molecule has 12 heteroatoms. The predicted molar refractivity (Wildman–Crippen MR) is 182 cm³/mol. The standard InChI is InChI=1S/C35H42N6O5S/c1-22-12-13-26(17-33(22)47(5,44)45)35(43)40-29(9-6-7-16-36-25(4)42)32-18-31-27(19-37-32)14-15-30(38-31)28-10-8-11-34(39-28)41-20-23(2)46-24(3)21-41/h8,10-15,17-19,23-24,29H,6-7,9,16,20-21H2,1-5H3,(H,36,42)(H,40,43)/t23-,24+,29-/m0/s1. The van der Waals surface area contributed by atoms with E-state index in [-0.39, 0.29) is 28.6 Å². The number of carbonyl (C=O) groups excluding carboxylic acids is 2. The molecule has 1 aliphatic heterocycles. The fourth-order valence-corrected chi connectivity index (χ4v) is 6.88. The lowest BCUT2D eigenvalue weighted by Gasteiger charge is -2.36. The second-order valence-corrected chi connectivity index (χ2v) is 14.3. The van der Waals surface area contributed by atoms with Crippen molar-refractivity contribution in [2.24, 2.45) is 0 Å². The third-order valence-corrected chi connectivity index (χ3v) is 9.38. The van der Waals surface area contributed by atoms with Crippen LogP contribution in [-0.4, -0.2) is 73.3 Å². The summed E-state index contributed by atoms with van der Waals surface area (Å²) in [5, 5.41) is 6.72. The van der Waals surface area contributed by atoms with Crippen molar-refractivity contribution in [2.45, 2.75) is 70.1 Å². The van der Waals surface area contributed by atoms with Gasteiger partial charge in [-0.1, -0.05) is 12.1 Å². The van der Waals surface area contributed by atoms with Crippen LogP contribution in [0.5, 0.6) is 0 Å². The van der Waals surface area contributed by atoms with Crippen LogP contribution in [0, 0.1) is 6.92 Å². The van der Waals surface area contributed by atoms with Crippen LogP contribution in [0.25, 0.3) is 22.3 Å². The third-order valence-electron chi connectivity index (χ3n) is 8.14. The number of amides is 2. The zero-order valence-corrected chi connectivity index (χ0v) is 28.3. The fourth-order valence-electron chi connectivity index (χ4n) is 5.89. The van der Waals surface area contributed by atoms with Crippen LogP contribution in [0.3, 0.4) is 0 Å². The SMILES string of the molecule is CC(=O)NCCCC[C@H](NC(=O)c1ccc(C)c(S(C)(=O)=O)c1)c1cc2nc(-c3cccc(N4C[C@@H](C)O[C@@H](C)C4)n3)ccc2cn1. The van der Waals surface area contributed by atoms with Crippen LogP contribution < -0.4 is 15.5 Å². The van der Waals surface area contributed by atoms with E-state index in [1.54, 1.807) is 25.3 Å². The number of nitrogens with one attached hydrogen (secondary N) is 2. The molecule has 0 radical (unpaired) electrons. The van der Waals surface area contributed by atoms with Crippen molar-refractivity contribution in [3.8, 4) is 11.4 Å². The molecule has 3 aromatic heterocycles. The van der Waals surface area contributed by atoms with E-state index >= 15 is 0 Å². The van der Waals surface area contributed by atoms with E-state index in [2.05, 4.69) is 34.4 Å². The van der Waals surface area contributed by atoms with Crippen LogP contribution in [0.15, 0.2) is 65.7 Å². The predicted octanol–water partition coefficient (Wildman–Crippen LogP) is 4.79. The molecule has 2 N–H and O–H groups in total. The van der Waals surface area contributed by atoms with Gasteiger partial charge in [-0.15, -0.1) is 0 Å². The Hall–Kier alpha value is -4.42. The molecule has 47 heavy (non-hydrogen) atoms. The lowest BCUT2D eigenvalue weighted by Crippen LogP contribution is -2.45. The molecule has 5 rings (SSSR count). The van der Waals surface area contributed by atoms with Crippen molar-refractivity contribution in [2.75, 3.05) is 30.8 Å². The first kappa shape index (κ1) is 33.9. The lowest BCUT2D eigenvalue weighted by atomic mass is 10.0. The van der Waals surface area contributed by atoms with E-state index in [1.807, 2.05) is 36.4 Å². The Labute approximate surface area is 276 Å². The summed E-state index contributed by atoms with van der Waals surface area (Å²) in [7, 11) is -3.51. The highest BCUT2D eigenvalue weighted by atomic mass is 32.2. The summed E-state index contributed by atoms with van der Waals surface area (Å²) in [6, 6.07) is 15.9. The van der Waals surface area contributed by atoms with E-state index in [9.17, 15) is 18.0 Å². The quantitative estimate of drug-likeness (QED) is 0.217. The van der Waals surface area contributed by atoms with Gasteiger partial charge >= 0.3 is 0 Å². The molecule has 2 amide bonds. The molecule has 11 nitrogen and oxygen atoms in total. The number of carbonyl (C=O) groups is 2. The average molecular weight is 659 g/mol. The highest BCUT2D eigenvalue weighted by molar-refractivity contribution is 7.90. The first-order valence-corrected chi connectivity index (χ1v) is 17.8. The van der Waals surface area contributed by atoms with Crippen LogP contribution >= 0.6 is 0 Å². The monoisotopic (exact) mass is 658 g/mol. The molecular formula is C35H42N6O5S. The molecular weight excluding hydrogens is 616 g/mol. The topological polar surface area (TPSA) is 143 Å². The van der Waals surface area contributed by atoms with Crippen molar-refractivity contribution >= 4 is 38.4 Å². The van der Waals surface area contributed by atoms with E-state index in [4.69, 9.17) is 14.7 Å². The summed E-state index contributed by atoms with van der Waals surface area (Å²) in [4.78, 5) is 41.7. The van der Waals surface area contributed by atoms with Gasteiger partial charge in [0.2, 0.25) is 5.91 Å². The highest BCUT2D eigenvalue weighted by Crippen LogP contribution is 2.27. The van der Waals surface area contributed by atoms with Crippen LogP contribution in [-0.2, 0) is 19.4 Å². The number of aryl methyl sites for hydroxylation is 1. The maximum atomic E-state index is 13.5. The zero-order valence-electron chi connectivity index (χ0n) is 27.5. The Morgan fingerprint density at radius 3 is 2.47 bits per heavy atom. The number of fused-ring (bicyclic) bond motifs is 1. The zero-order chi connectivity index (χ0) is 33.7. The number of ether oxygens (including phenoxy) is 1. The van der Waals surface area contributed by atoms with Gasteiger partial charge in [-0.3, -0.25) is 14.6 Å². The Morgan fingerprint density at radius 2 is 1.74 bits per heavy atom. The van der Waals surface area contributed by atoms with Gasteiger partial charge in [0.15, 0.2) is 9.84 Å². The minimum atomic E-state index is -3.51. The Morgan fingerprint density at radius 1 is 1.00 bits per heavy atom. The smallest absolute Gasteiger partial charge is 0.251 e. The number of anilines is 1. The molecule has 248 valence electrons. The van der Waals surface area contributed by atoms with Crippen LogP contribution in [0.2, 0.25) is 0 Å². The number of nitrogens with zero attached hydrogens (tertiary/aromatic N) is 4. The van der Waals surface area contributed by atoms with Gasteiger partial charge in [0, 0.05) is 50.0 Å². The van der Waals surface area contributed by atoms with Crippen molar-refractivity contribution in [1.29, 1.82) is 0 Å². The van der Waals surface area contributed by atoms with Crippen molar-refractivity contribution < 1.29 is 22.7 Å². The van der Waals surface area contributed by atoms with E-state index in [1.165, 1.54) is 13.0 Å². The number of aromatic nitrogens is 3. The van der Waals surface area contributed by atoms with Gasteiger partial charge in [-0.25, -0.2) is 18.4 Å². The normalized spacial score (nSPS) is 17.3. The number of unbranched alkanes of at least 4 members (excludes halogenated alkanes) is 1. The Kier molecular flexibility index (Phi) is 10.5. The van der Waals surface area contributed by atoms with Gasteiger partial charge in [0.05, 0.1) is 45.7 Å². The molecule has 4 aromatic rings. The molecule has 1 aliphatic rings. The summed E-state index contributed by atoms with van der Waals surface area (Å²) < 4.78 is 30.5. The molecule has 1 fully saturated rings. The van der Waals surface area contributed by atoms with E-state index < -0.39 is 21.8 Å². The van der Waals surface area contributed by atoms with Crippen molar-refractivity contribution in [3.63, 3.8) is 0 Å².